The molecule has 0 saturated carbocycles. The Morgan fingerprint density at radius 1 is 1.04 bits per heavy atom. The maximum atomic E-state index is 13.1. The lowest BCUT2D eigenvalue weighted by atomic mass is 9.87. The zero-order chi connectivity index (χ0) is 18.6. The normalized spacial score (nSPS) is 24.2. The van der Waals surface area contributed by atoms with Crippen LogP contribution in [0.1, 0.15) is 51.0 Å². The molecule has 4 amide bonds. The molecule has 2 aliphatic heterocycles. The molecule has 0 aliphatic carbocycles. The molecule has 1 atom stereocenters. The van der Waals surface area contributed by atoms with Gasteiger partial charge in [-0.3, -0.25) is 14.5 Å². The Hall–Kier alpha value is -2.37. The average Bonchev–Trinajstić information content (AvgIpc) is 2.87. The topological polar surface area (TPSA) is 69.7 Å². The van der Waals surface area contributed by atoms with Gasteiger partial charge in [0.1, 0.15) is 12.1 Å². The highest BCUT2D eigenvalue weighted by atomic mass is 16.2. The Labute approximate surface area is 154 Å². The van der Waals surface area contributed by atoms with Crippen molar-refractivity contribution in [3.63, 3.8) is 0 Å². The van der Waals surface area contributed by atoms with Gasteiger partial charge in [0.25, 0.3) is 5.91 Å². The molecule has 6 nitrogen and oxygen atoms in total. The lowest BCUT2D eigenvalue weighted by Crippen LogP contribution is -2.46. The molecule has 140 valence electrons. The van der Waals surface area contributed by atoms with E-state index in [2.05, 4.69) is 5.32 Å². The van der Waals surface area contributed by atoms with Crippen LogP contribution in [0.2, 0.25) is 0 Å². The van der Waals surface area contributed by atoms with Crippen molar-refractivity contribution in [1.82, 2.24) is 15.1 Å². The second kappa shape index (κ2) is 7.89. The Morgan fingerprint density at radius 3 is 2.27 bits per heavy atom. The number of hydrogen-bond acceptors (Lipinski definition) is 3. The summed E-state index contributed by atoms with van der Waals surface area (Å²) in [5, 5.41) is 2.83. The molecular formula is C20H27N3O3. The molecule has 6 heteroatoms. The van der Waals surface area contributed by atoms with Gasteiger partial charge < -0.3 is 10.2 Å². The number of likely N-dealkylation sites (tertiary alicyclic amines) is 1. The smallest absolute Gasteiger partial charge is 0.325 e. The van der Waals surface area contributed by atoms with Gasteiger partial charge >= 0.3 is 6.03 Å². The quantitative estimate of drug-likeness (QED) is 0.842. The van der Waals surface area contributed by atoms with Crippen LogP contribution in [0.5, 0.6) is 0 Å². The van der Waals surface area contributed by atoms with E-state index in [1.165, 1.54) is 6.42 Å². The Balaban J connectivity index is 1.75. The number of carbonyl (C=O) groups is 3. The van der Waals surface area contributed by atoms with E-state index < -0.39 is 11.6 Å². The highest BCUT2D eigenvalue weighted by Gasteiger charge is 2.51. The lowest BCUT2D eigenvalue weighted by molar-refractivity contribution is -0.139. The van der Waals surface area contributed by atoms with Crippen molar-refractivity contribution in [2.24, 2.45) is 0 Å². The highest BCUT2D eigenvalue weighted by Crippen LogP contribution is 2.32. The molecule has 0 unspecified atom stereocenters. The molecule has 2 saturated heterocycles. The van der Waals surface area contributed by atoms with Gasteiger partial charge in [0.2, 0.25) is 5.91 Å². The van der Waals surface area contributed by atoms with Crippen LogP contribution in [0.25, 0.3) is 0 Å². The summed E-state index contributed by atoms with van der Waals surface area (Å²) in [6.45, 7) is 3.11. The number of urea groups is 1. The van der Waals surface area contributed by atoms with Gasteiger partial charge in [-0.2, -0.15) is 0 Å². The monoisotopic (exact) mass is 357 g/mol. The van der Waals surface area contributed by atoms with Gasteiger partial charge in [0.05, 0.1) is 0 Å². The second-order valence-corrected chi connectivity index (χ2v) is 7.09. The largest absolute Gasteiger partial charge is 0.341 e. The lowest BCUT2D eigenvalue weighted by Gasteiger charge is -2.27. The standard InChI is InChI=1S/C20H27N3O3/c1-2-20(16-11-7-6-8-12-16)18(25)23(19(26)21-20)15-17(24)22-13-9-4-3-5-10-14-22/h6-8,11-12H,2-5,9-10,13-15H2,1H3,(H,21,26)/t20-/m1/s1. The summed E-state index contributed by atoms with van der Waals surface area (Å²) in [5.74, 6) is -0.480. The molecule has 2 fully saturated rings. The predicted octanol–water partition coefficient (Wildman–Crippen LogP) is 2.64. The van der Waals surface area contributed by atoms with Crippen molar-refractivity contribution >= 4 is 17.8 Å². The van der Waals surface area contributed by atoms with Gasteiger partial charge in [0.15, 0.2) is 0 Å². The summed E-state index contributed by atoms with van der Waals surface area (Å²) < 4.78 is 0. The summed E-state index contributed by atoms with van der Waals surface area (Å²) >= 11 is 0. The van der Waals surface area contributed by atoms with E-state index in [9.17, 15) is 14.4 Å². The summed E-state index contributed by atoms with van der Waals surface area (Å²) in [6, 6.07) is 8.76. The molecule has 26 heavy (non-hydrogen) atoms. The fourth-order valence-electron chi connectivity index (χ4n) is 3.86. The van der Waals surface area contributed by atoms with Crippen LogP contribution in [0.4, 0.5) is 4.79 Å². The van der Waals surface area contributed by atoms with Crippen molar-refractivity contribution in [2.45, 2.75) is 51.0 Å². The molecule has 1 aromatic carbocycles. The molecule has 0 radical (unpaired) electrons. The van der Waals surface area contributed by atoms with Crippen molar-refractivity contribution < 1.29 is 14.4 Å². The van der Waals surface area contributed by atoms with E-state index >= 15 is 0 Å². The first-order chi connectivity index (χ1) is 12.6. The van der Waals surface area contributed by atoms with Crippen molar-refractivity contribution in [3.05, 3.63) is 35.9 Å². The van der Waals surface area contributed by atoms with Gasteiger partial charge in [-0.1, -0.05) is 56.5 Å². The number of hydrogen-bond donors (Lipinski definition) is 1. The first-order valence-corrected chi connectivity index (χ1v) is 9.56. The summed E-state index contributed by atoms with van der Waals surface area (Å²) in [4.78, 5) is 41.2. The Morgan fingerprint density at radius 2 is 1.65 bits per heavy atom. The van der Waals surface area contributed by atoms with Crippen LogP contribution in [-0.2, 0) is 15.1 Å². The van der Waals surface area contributed by atoms with Gasteiger partial charge in [-0.05, 0) is 24.8 Å². The highest BCUT2D eigenvalue weighted by molar-refractivity contribution is 6.09. The predicted molar refractivity (Wildman–Crippen MR) is 98.3 cm³/mol. The third-order valence-electron chi connectivity index (χ3n) is 5.47. The number of rotatable bonds is 4. The zero-order valence-corrected chi connectivity index (χ0v) is 15.4. The molecule has 0 bridgehead atoms. The van der Waals surface area contributed by atoms with E-state index in [0.717, 1.165) is 36.1 Å². The average molecular weight is 357 g/mol. The SMILES string of the molecule is CC[C@]1(c2ccccc2)NC(=O)N(CC(=O)N2CCCCCCC2)C1=O. The molecule has 1 aromatic rings. The number of imide groups is 1. The van der Waals surface area contributed by atoms with Crippen LogP contribution in [0.3, 0.4) is 0 Å². The Kier molecular flexibility index (Phi) is 5.59. The van der Waals surface area contributed by atoms with E-state index in [1.807, 2.05) is 37.3 Å². The van der Waals surface area contributed by atoms with E-state index in [1.54, 1.807) is 4.90 Å². The number of amides is 4. The minimum atomic E-state index is -1.07. The van der Waals surface area contributed by atoms with Crippen LogP contribution in [0, 0.1) is 0 Å². The van der Waals surface area contributed by atoms with E-state index in [0.29, 0.717) is 19.5 Å². The minimum absolute atomic E-state index is 0.143. The summed E-state index contributed by atoms with van der Waals surface area (Å²) in [5.41, 5.74) is -0.323. The number of benzene rings is 1. The minimum Gasteiger partial charge on any atom is -0.341 e. The fourth-order valence-corrected chi connectivity index (χ4v) is 3.86. The van der Waals surface area contributed by atoms with Gasteiger partial charge in [-0.15, -0.1) is 0 Å². The number of carbonyl (C=O) groups excluding carboxylic acids is 3. The number of nitrogens with zero attached hydrogens (tertiary/aromatic N) is 2. The maximum Gasteiger partial charge on any atom is 0.325 e. The summed E-state index contributed by atoms with van der Waals surface area (Å²) in [7, 11) is 0. The maximum absolute atomic E-state index is 13.1. The van der Waals surface area contributed by atoms with Crippen molar-refractivity contribution in [2.75, 3.05) is 19.6 Å². The van der Waals surface area contributed by atoms with Crippen molar-refractivity contribution in [1.29, 1.82) is 0 Å². The first kappa shape index (κ1) is 18.4. The number of nitrogens with one attached hydrogen (secondary N) is 1. The first-order valence-electron chi connectivity index (χ1n) is 9.56. The van der Waals surface area contributed by atoms with Crippen LogP contribution in [0.15, 0.2) is 30.3 Å². The van der Waals surface area contributed by atoms with E-state index in [4.69, 9.17) is 0 Å². The zero-order valence-electron chi connectivity index (χ0n) is 15.4. The van der Waals surface area contributed by atoms with Gasteiger partial charge in [-0.25, -0.2) is 4.79 Å². The molecule has 3 rings (SSSR count). The molecule has 0 spiro atoms. The van der Waals surface area contributed by atoms with Crippen molar-refractivity contribution in [3.8, 4) is 0 Å². The molecule has 2 aliphatic rings. The van der Waals surface area contributed by atoms with Gasteiger partial charge in [0, 0.05) is 13.1 Å². The Bertz CT molecular complexity index is 668. The molecule has 2 heterocycles. The fraction of sp³-hybridized carbons (Fsp3) is 0.550. The van der Waals surface area contributed by atoms with Crippen LogP contribution in [-0.4, -0.2) is 47.3 Å². The third kappa shape index (κ3) is 3.45. The summed E-state index contributed by atoms with van der Waals surface area (Å²) in [6.07, 6.45) is 5.87. The van der Waals surface area contributed by atoms with Crippen LogP contribution >= 0.6 is 0 Å². The molecular weight excluding hydrogens is 330 g/mol. The molecule has 0 aromatic heterocycles. The van der Waals surface area contributed by atoms with Crippen LogP contribution < -0.4 is 5.32 Å². The van der Waals surface area contributed by atoms with E-state index in [-0.39, 0.29) is 18.4 Å². The third-order valence-corrected chi connectivity index (χ3v) is 5.47. The molecule has 1 N–H and O–H groups in total. The second-order valence-electron chi connectivity index (χ2n) is 7.09.